The van der Waals surface area contributed by atoms with Crippen molar-refractivity contribution < 1.29 is 36.5 Å². The van der Waals surface area contributed by atoms with E-state index < -0.39 is 50.4 Å². The highest BCUT2D eigenvalue weighted by atomic mass is 35.5. The minimum absolute atomic E-state index is 0.0450. The maximum Gasteiger partial charge on any atom is 0.295 e. The van der Waals surface area contributed by atoms with Crippen molar-refractivity contribution in [1.29, 1.82) is 0 Å². The maximum atomic E-state index is 13.9. The van der Waals surface area contributed by atoms with Gasteiger partial charge >= 0.3 is 0 Å². The summed E-state index contributed by atoms with van der Waals surface area (Å²) < 4.78 is 62.5. The number of carbonyl (C=O) groups excluding carboxylic acids is 3. The van der Waals surface area contributed by atoms with E-state index in [-0.39, 0.29) is 28.5 Å². The highest BCUT2D eigenvalue weighted by Crippen LogP contribution is 2.39. The van der Waals surface area contributed by atoms with E-state index in [1.807, 2.05) is 0 Å². The number of nitrogens with zero attached hydrogens (tertiary/aromatic N) is 3. The van der Waals surface area contributed by atoms with Gasteiger partial charge in [-0.15, -0.1) is 0 Å². The Bertz CT molecular complexity index is 1500. The Kier molecular flexibility index (Phi) is 4.76. The van der Waals surface area contributed by atoms with Crippen LogP contribution in [0.3, 0.4) is 0 Å². The predicted molar refractivity (Wildman–Crippen MR) is 127 cm³/mol. The Balaban J connectivity index is 1.76. The zero-order chi connectivity index (χ0) is 30.3. The number of methoxy groups -OCH3 is 1. The van der Waals surface area contributed by atoms with Gasteiger partial charge in [-0.05, 0) is 37.3 Å². The van der Waals surface area contributed by atoms with Crippen LogP contribution in [0.2, 0.25) is 5.02 Å². The zero-order valence-electron chi connectivity index (χ0n) is 24.8. The van der Waals surface area contributed by atoms with Crippen molar-refractivity contribution in [2.75, 3.05) is 34.2 Å². The molecule has 184 valence electrons. The van der Waals surface area contributed by atoms with Crippen LogP contribution < -0.4 is 14.8 Å². The molecule has 1 aliphatic heterocycles. The molecule has 10 nitrogen and oxygen atoms in total. The number of nitrogens with one attached hydrogen (secondary N) is 1. The van der Waals surface area contributed by atoms with E-state index in [1.54, 1.807) is 12.1 Å². The van der Waals surface area contributed by atoms with E-state index in [9.17, 15) is 14.4 Å². The van der Waals surface area contributed by atoms with Gasteiger partial charge in [0.15, 0.2) is 11.3 Å². The van der Waals surface area contributed by atoms with Crippen LogP contribution >= 0.6 is 11.6 Å². The molecule has 0 saturated heterocycles. The molecule has 0 unspecified atom stereocenters. The molecular formula is C24H25ClN4O6. The molecule has 3 heterocycles. The molecule has 1 N–H and O–H groups in total. The first-order valence-electron chi connectivity index (χ1n) is 13.3. The highest BCUT2D eigenvalue weighted by molar-refractivity contribution is 6.31. The van der Waals surface area contributed by atoms with Gasteiger partial charge in [0.05, 0.1) is 19.0 Å². The van der Waals surface area contributed by atoms with Gasteiger partial charge in [0.2, 0.25) is 17.6 Å². The number of ether oxygens (including phenoxy) is 2. The van der Waals surface area contributed by atoms with Crippen molar-refractivity contribution in [3.05, 3.63) is 53.0 Å². The van der Waals surface area contributed by atoms with Crippen molar-refractivity contribution in [1.82, 2.24) is 20.1 Å². The summed E-state index contributed by atoms with van der Waals surface area (Å²) in [6, 6.07) is 7.77. The Morgan fingerprint density at radius 3 is 2.91 bits per heavy atom. The predicted octanol–water partition coefficient (Wildman–Crippen LogP) is 2.49. The first kappa shape index (κ1) is 17.6. The summed E-state index contributed by atoms with van der Waals surface area (Å²) in [6.45, 7) is -7.22. The lowest BCUT2D eigenvalue weighted by molar-refractivity contribution is -0.137. The number of halogens is 1. The normalized spacial score (nSPS) is 20.7. The van der Waals surface area contributed by atoms with Gasteiger partial charge in [-0.2, -0.15) is 0 Å². The van der Waals surface area contributed by atoms with Gasteiger partial charge in [-0.25, -0.2) is 0 Å². The van der Waals surface area contributed by atoms with Crippen LogP contribution in [0.5, 0.6) is 11.5 Å². The first-order valence-corrected chi connectivity index (χ1v) is 10.7. The fraction of sp³-hybridized carbons (Fsp3) is 0.333. The molecule has 0 bridgehead atoms. The standard InChI is InChI=1S/C24H25ClN4O6/c1-24(23(32)27-11-16-18(33-4)6-5-9-26-16)13-34-20-15-10-14(25)7-8-17(15)35-21(20)22(31)29(24)12-19(30)28(2)3/h5-10H,11-13H2,1-4H3,(H,27,32)/t24-/m1/s1/i2D3,3D3. The summed E-state index contributed by atoms with van der Waals surface area (Å²) in [4.78, 5) is 45.4. The number of hydrogen-bond acceptors (Lipinski definition) is 7. The molecule has 4 rings (SSSR count). The van der Waals surface area contributed by atoms with Gasteiger partial charge in [0.25, 0.3) is 5.91 Å². The summed E-state index contributed by atoms with van der Waals surface area (Å²) in [6.07, 6.45) is 1.49. The lowest BCUT2D eigenvalue weighted by Crippen LogP contribution is -2.62. The Morgan fingerprint density at radius 1 is 1.37 bits per heavy atom. The van der Waals surface area contributed by atoms with Crippen LogP contribution in [0, 0.1) is 0 Å². The fourth-order valence-electron chi connectivity index (χ4n) is 3.71. The third-order valence-electron chi connectivity index (χ3n) is 5.65. The molecule has 3 aromatic rings. The second-order valence-electron chi connectivity index (χ2n) is 7.92. The number of benzene rings is 1. The van der Waals surface area contributed by atoms with Gasteiger partial charge < -0.3 is 29.0 Å². The molecule has 0 saturated carbocycles. The summed E-state index contributed by atoms with van der Waals surface area (Å²) in [5.41, 5.74) is -1.38. The largest absolute Gasteiger partial charge is 0.495 e. The number of likely N-dealkylation sites (N-methyl/N-ethyl adjacent to an activating group) is 1. The number of hydrogen-bond donors (Lipinski definition) is 1. The van der Waals surface area contributed by atoms with E-state index in [1.165, 1.54) is 38.4 Å². The fourth-order valence-corrected chi connectivity index (χ4v) is 3.88. The third kappa shape index (κ3) is 4.49. The van der Waals surface area contributed by atoms with Crippen molar-refractivity contribution in [3.8, 4) is 11.5 Å². The molecule has 0 aliphatic carbocycles. The summed E-state index contributed by atoms with van der Waals surface area (Å²) in [5, 5.41) is 3.27. The van der Waals surface area contributed by atoms with E-state index >= 15 is 0 Å². The Hall–Kier alpha value is -3.79. The second-order valence-corrected chi connectivity index (χ2v) is 8.36. The highest BCUT2D eigenvalue weighted by Gasteiger charge is 2.48. The molecule has 2 aromatic heterocycles. The quantitative estimate of drug-likeness (QED) is 0.546. The molecule has 1 aliphatic rings. The summed E-state index contributed by atoms with van der Waals surface area (Å²) in [7, 11) is 1.42. The molecular weight excluding hydrogens is 476 g/mol. The molecule has 0 spiro atoms. The molecule has 35 heavy (non-hydrogen) atoms. The zero-order valence-corrected chi connectivity index (χ0v) is 19.5. The Morgan fingerprint density at radius 2 is 2.17 bits per heavy atom. The van der Waals surface area contributed by atoms with E-state index in [4.69, 9.17) is 33.7 Å². The number of carbonyl (C=O) groups is 3. The minimum Gasteiger partial charge on any atom is -0.495 e. The van der Waals surface area contributed by atoms with E-state index in [0.29, 0.717) is 21.9 Å². The lowest BCUT2D eigenvalue weighted by Gasteiger charge is -2.37. The van der Waals surface area contributed by atoms with Gasteiger partial charge in [-0.1, -0.05) is 11.6 Å². The molecule has 0 radical (unpaired) electrons. The smallest absolute Gasteiger partial charge is 0.295 e. The SMILES string of the molecule is [2H]C([2H])([2H])N(C(=O)CN1C(=O)c2oc3ccc(Cl)cc3c2OC[C@]1(C)C(=O)NCc1ncccc1OC)C([2H])([2H])[2H]. The first-order chi connectivity index (χ1) is 19.1. The number of rotatable bonds is 6. The minimum atomic E-state index is -3.37. The van der Waals surface area contributed by atoms with Crippen LogP contribution in [-0.4, -0.2) is 72.3 Å². The topological polar surface area (TPSA) is 114 Å². The monoisotopic (exact) mass is 506 g/mol. The van der Waals surface area contributed by atoms with Crippen molar-refractivity contribution in [2.24, 2.45) is 0 Å². The lowest BCUT2D eigenvalue weighted by atomic mass is 9.99. The van der Waals surface area contributed by atoms with Crippen molar-refractivity contribution >= 4 is 40.3 Å². The molecule has 1 atom stereocenters. The van der Waals surface area contributed by atoms with Crippen LogP contribution in [-0.2, 0) is 16.1 Å². The van der Waals surface area contributed by atoms with Crippen LogP contribution in [0.25, 0.3) is 11.0 Å². The number of amides is 3. The number of pyridine rings is 1. The molecule has 0 fully saturated rings. The summed E-state index contributed by atoms with van der Waals surface area (Å²) in [5.74, 6) is -3.32. The van der Waals surface area contributed by atoms with Crippen LogP contribution in [0.15, 0.2) is 40.9 Å². The third-order valence-corrected chi connectivity index (χ3v) is 5.89. The summed E-state index contributed by atoms with van der Waals surface area (Å²) >= 11 is 6.11. The molecule has 3 amide bonds. The Labute approximate surface area is 215 Å². The van der Waals surface area contributed by atoms with E-state index in [0.717, 1.165) is 4.90 Å². The van der Waals surface area contributed by atoms with Crippen molar-refractivity contribution in [2.45, 2.75) is 19.0 Å². The van der Waals surface area contributed by atoms with Gasteiger partial charge in [-0.3, -0.25) is 19.4 Å². The average molecular weight is 507 g/mol. The average Bonchev–Trinajstić information content (AvgIpc) is 3.20. The number of aromatic nitrogens is 1. The van der Waals surface area contributed by atoms with E-state index in [2.05, 4.69) is 10.3 Å². The maximum absolute atomic E-state index is 13.9. The number of furan rings is 1. The van der Waals surface area contributed by atoms with Crippen LogP contribution in [0.4, 0.5) is 0 Å². The number of fused-ring (bicyclic) bond motifs is 3. The second kappa shape index (κ2) is 9.46. The molecule has 11 heteroatoms. The molecule has 1 aromatic carbocycles. The van der Waals surface area contributed by atoms with Gasteiger partial charge in [0.1, 0.15) is 30.2 Å². The van der Waals surface area contributed by atoms with Crippen LogP contribution in [0.1, 0.15) is 31.4 Å². The van der Waals surface area contributed by atoms with Crippen molar-refractivity contribution in [3.63, 3.8) is 0 Å². The van der Waals surface area contributed by atoms with Gasteiger partial charge in [0, 0.05) is 33.4 Å².